The van der Waals surface area contributed by atoms with Gasteiger partial charge in [-0.15, -0.1) is 4.40 Å². The van der Waals surface area contributed by atoms with Crippen molar-refractivity contribution in [2.45, 2.75) is 23.7 Å². The first-order chi connectivity index (χ1) is 15.0. The Balaban J connectivity index is 1.32. The number of nitrogens with one attached hydrogen (secondary N) is 1. The highest BCUT2D eigenvalue weighted by atomic mass is 32.2. The van der Waals surface area contributed by atoms with Gasteiger partial charge in [-0.1, -0.05) is 24.3 Å². The Kier molecular flexibility index (Phi) is 4.59. The van der Waals surface area contributed by atoms with Gasteiger partial charge in [0.25, 0.3) is 10.0 Å². The van der Waals surface area contributed by atoms with E-state index in [1.807, 2.05) is 29.2 Å². The molecule has 2 aromatic carbocycles. The topological polar surface area (TPSA) is 119 Å². The number of hydrogen-bond acceptors (Lipinski definition) is 6. The number of Topliss-reactive ketones (excluding diaryl/α,β-unsaturated/α-hetero) is 1. The van der Waals surface area contributed by atoms with E-state index in [1.54, 1.807) is 24.3 Å². The number of ketones is 1. The number of hydrogen-bond donors (Lipinski definition) is 1. The van der Waals surface area contributed by atoms with E-state index in [0.717, 1.165) is 11.0 Å². The number of piperidine rings is 1. The molecule has 0 spiro atoms. The van der Waals surface area contributed by atoms with E-state index in [-0.39, 0.29) is 16.6 Å². The molecule has 8 nitrogen and oxygen atoms in total. The summed E-state index contributed by atoms with van der Waals surface area (Å²) < 4.78 is 28.6. The smallest absolute Gasteiger partial charge is 0.285 e. The fourth-order valence-corrected chi connectivity index (χ4v) is 5.52. The number of H-pyrrole nitrogens is 1. The average molecular weight is 433 g/mol. The molecule has 156 valence electrons. The molecule has 3 aromatic rings. The number of imidazole rings is 1. The Hall–Kier alpha value is -3.51. The average Bonchev–Trinajstić information content (AvgIpc) is 3.33. The van der Waals surface area contributed by atoms with Gasteiger partial charge in [-0.05, 0) is 37.1 Å². The first-order valence-corrected chi connectivity index (χ1v) is 11.5. The maximum Gasteiger partial charge on any atom is 0.285 e. The fraction of sp³-hybridized carbons (Fsp3) is 0.273. The quantitative estimate of drug-likeness (QED) is 0.678. The SMILES string of the molecule is N#CC(C(=O)C1CCN(C2=NS(=O)(=O)c3ccccc32)CC1)c1nc2ccccc2[nH]1. The first-order valence-electron chi connectivity index (χ1n) is 10.1. The maximum atomic E-state index is 13.1. The molecule has 9 heteroatoms. The number of aromatic nitrogens is 2. The number of benzene rings is 2. The third-order valence-electron chi connectivity index (χ3n) is 5.90. The van der Waals surface area contributed by atoms with Crippen molar-refractivity contribution in [1.29, 1.82) is 5.26 Å². The van der Waals surface area contributed by atoms with Crippen molar-refractivity contribution in [1.82, 2.24) is 14.9 Å². The number of nitriles is 1. The van der Waals surface area contributed by atoms with E-state index in [0.29, 0.717) is 43.2 Å². The maximum absolute atomic E-state index is 13.1. The second kappa shape index (κ2) is 7.32. The van der Waals surface area contributed by atoms with Crippen LogP contribution >= 0.6 is 0 Å². The molecule has 3 heterocycles. The summed E-state index contributed by atoms with van der Waals surface area (Å²) in [5.41, 5.74) is 2.11. The number of para-hydroxylation sites is 2. The number of carbonyl (C=O) groups is 1. The highest BCUT2D eigenvalue weighted by Crippen LogP contribution is 2.31. The number of fused-ring (bicyclic) bond motifs is 2. The van der Waals surface area contributed by atoms with Gasteiger partial charge < -0.3 is 9.88 Å². The summed E-state index contributed by atoms with van der Waals surface area (Å²) in [5, 5.41) is 9.67. The van der Waals surface area contributed by atoms with Gasteiger partial charge in [-0.25, -0.2) is 4.98 Å². The molecule has 0 amide bonds. The normalized spacial score (nSPS) is 18.9. The summed E-state index contributed by atoms with van der Waals surface area (Å²) in [6, 6.07) is 16.3. The van der Waals surface area contributed by atoms with Crippen molar-refractivity contribution in [2.75, 3.05) is 13.1 Å². The summed E-state index contributed by atoms with van der Waals surface area (Å²) in [7, 11) is -3.68. The molecule has 1 saturated heterocycles. The largest absolute Gasteiger partial charge is 0.355 e. The minimum Gasteiger partial charge on any atom is -0.355 e. The zero-order chi connectivity index (χ0) is 21.6. The second-order valence-corrected chi connectivity index (χ2v) is 9.32. The number of rotatable bonds is 3. The monoisotopic (exact) mass is 433 g/mol. The predicted molar refractivity (Wildman–Crippen MR) is 114 cm³/mol. The van der Waals surface area contributed by atoms with Gasteiger partial charge in [-0.3, -0.25) is 4.79 Å². The summed E-state index contributed by atoms with van der Waals surface area (Å²) in [6.07, 6.45) is 1.05. The van der Waals surface area contributed by atoms with E-state index in [1.165, 1.54) is 0 Å². The molecule has 0 aliphatic carbocycles. The Labute approximate surface area is 179 Å². The van der Waals surface area contributed by atoms with Crippen molar-refractivity contribution in [3.63, 3.8) is 0 Å². The summed E-state index contributed by atoms with van der Waals surface area (Å²) in [6.45, 7) is 0.995. The molecule has 31 heavy (non-hydrogen) atoms. The summed E-state index contributed by atoms with van der Waals surface area (Å²) >= 11 is 0. The molecule has 1 fully saturated rings. The van der Waals surface area contributed by atoms with Crippen LogP contribution < -0.4 is 0 Å². The lowest BCUT2D eigenvalue weighted by molar-refractivity contribution is -0.124. The van der Waals surface area contributed by atoms with Crippen molar-refractivity contribution < 1.29 is 13.2 Å². The molecule has 5 rings (SSSR count). The van der Waals surface area contributed by atoms with Crippen molar-refractivity contribution in [2.24, 2.45) is 10.3 Å². The molecule has 1 aromatic heterocycles. The van der Waals surface area contributed by atoms with Gasteiger partial charge in [0.05, 0.1) is 17.1 Å². The number of aromatic amines is 1. The van der Waals surface area contributed by atoms with Gasteiger partial charge in [0.2, 0.25) is 0 Å². The van der Waals surface area contributed by atoms with Crippen molar-refractivity contribution in [3.8, 4) is 6.07 Å². The van der Waals surface area contributed by atoms with Crippen LogP contribution in [0.4, 0.5) is 0 Å². The lowest BCUT2D eigenvalue weighted by Crippen LogP contribution is -2.41. The second-order valence-electron chi connectivity index (χ2n) is 7.75. The number of likely N-dealkylation sites (tertiary alicyclic amines) is 1. The molecule has 0 bridgehead atoms. The number of sulfonamides is 1. The number of carbonyl (C=O) groups excluding carboxylic acids is 1. The highest BCUT2D eigenvalue weighted by molar-refractivity contribution is 7.90. The lowest BCUT2D eigenvalue weighted by atomic mass is 9.85. The van der Waals surface area contributed by atoms with Crippen LogP contribution in [0.3, 0.4) is 0 Å². The Morgan fingerprint density at radius 1 is 1.13 bits per heavy atom. The van der Waals surface area contributed by atoms with Crippen molar-refractivity contribution in [3.05, 3.63) is 59.9 Å². The van der Waals surface area contributed by atoms with Crippen LogP contribution in [-0.2, 0) is 14.8 Å². The van der Waals surface area contributed by atoms with Gasteiger partial charge in [0.1, 0.15) is 10.7 Å². The van der Waals surface area contributed by atoms with Gasteiger partial charge >= 0.3 is 0 Å². The molecular weight excluding hydrogens is 414 g/mol. The minimum absolute atomic E-state index is 0.150. The van der Waals surface area contributed by atoms with Gasteiger partial charge in [-0.2, -0.15) is 13.7 Å². The van der Waals surface area contributed by atoms with Crippen molar-refractivity contribution >= 4 is 32.7 Å². The Morgan fingerprint density at radius 2 is 1.84 bits per heavy atom. The molecule has 1 unspecified atom stereocenters. The molecule has 2 aliphatic heterocycles. The molecular formula is C22H19N5O3S. The van der Waals surface area contributed by atoms with Crippen LogP contribution in [0.2, 0.25) is 0 Å². The van der Waals surface area contributed by atoms with E-state index < -0.39 is 15.9 Å². The zero-order valence-electron chi connectivity index (χ0n) is 16.5. The van der Waals surface area contributed by atoms with E-state index in [4.69, 9.17) is 0 Å². The summed E-state index contributed by atoms with van der Waals surface area (Å²) in [4.78, 5) is 22.8. The third-order valence-corrected chi connectivity index (χ3v) is 7.23. The summed E-state index contributed by atoms with van der Waals surface area (Å²) in [5.74, 6) is -0.577. The van der Waals surface area contributed by atoms with Crippen LogP contribution in [0.15, 0.2) is 57.8 Å². The standard InChI is InChI=1S/C22H19N5O3S/c23-13-16(21-24-17-6-2-3-7-18(17)25-21)20(28)14-9-11-27(12-10-14)22-15-5-1-4-8-19(15)31(29,30)26-22/h1-8,14,16H,9-12H2,(H,24,25). The Morgan fingerprint density at radius 3 is 2.58 bits per heavy atom. The molecule has 2 aliphatic rings. The predicted octanol–water partition coefficient (Wildman–Crippen LogP) is 2.60. The van der Waals surface area contributed by atoms with Gasteiger partial charge in [0, 0.05) is 24.6 Å². The minimum atomic E-state index is -3.68. The number of amidine groups is 1. The molecule has 1 atom stereocenters. The molecule has 1 N–H and O–H groups in total. The van der Waals surface area contributed by atoms with Gasteiger partial charge in [0.15, 0.2) is 17.5 Å². The van der Waals surface area contributed by atoms with Crippen LogP contribution in [0.5, 0.6) is 0 Å². The van der Waals surface area contributed by atoms with E-state index in [9.17, 15) is 18.5 Å². The highest BCUT2D eigenvalue weighted by Gasteiger charge is 2.36. The number of nitrogens with zero attached hydrogens (tertiary/aromatic N) is 4. The first kappa shape index (κ1) is 19.5. The Bertz CT molecular complexity index is 1330. The fourth-order valence-electron chi connectivity index (χ4n) is 4.30. The van der Waals surface area contributed by atoms with Crippen LogP contribution in [-0.4, -0.2) is 48.0 Å². The van der Waals surface area contributed by atoms with Crippen LogP contribution in [0.1, 0.15) is 30.1 Å². The molecule has 0 radical (unpaired) electrons. The zero-order valence-corrected chi connectivity index (χ0v) is 17.3. The molecule has 0 saturated carbocycles. The third kappa shape index (κ3) is 3.29. The van der Waals surface area contributed by atoms with Crippen LogP contribution in [0, 0.1) is 17.2 Å². The van der Waals surface area contributed by atoms with Crippen LogP contribution in [0.25, 0.3) is 11.0 Å². The van der Waals surface area contributed by atoms with E-state index >= 15 is 0 Å². The lowest BCUT2D eigenvalue weighted by Gasteiger charge is -2.33. The van der Waals surface area contributed by atoms with E-state index in [2.05, 4.69) is 20.4 Å².